The summed E-state index contributed by atoms with van der Waals surface area (Å²) in [5, 5.41) is 73.4. The molecule has 8 saturated heterocycles. The standard InChI is InChI=1S/C22H27ClN4O4.C21H27ClN4O3.C19H22Cl2N4O4.C18H22Cl2N4O3/c1-2-21(29)27-12-16(13-27)25-5-7-26(8-6-25)22(30)19(24-31)10-15-9-17(14-3-4-14)18(23)11-20(15)28;1-2-20(28)26-12-16(13-26)24-5-7-25(8-6-24)21(29)23-11-15-9-17(14-3-4-14)18(22)10-19(15)27;1-2-18(27)25-10-13(11-25)23-3-5-24(6-4-23)19(28)16(22-29)8-12-7-14(20)15(21)9-17(12)26;1-2-17(26)24-10-13(11-24)22-3-5-23(6-4-22)18(27)21-9-12-7-14(19)15(20)8-16(12)25/h2,9,11,14,16,28,31H,1,3-8,10,12-13H2;2,9-10,14,16,27H,1,3-8,11-13H2,(H,23,29);2,7,9,13,26,29H,1,3-6,8,10-11H2;2,7-8,13,25H,1,3-6,9-11H2,(H,21,27)/b24-19-;;22-16-;. The number of benzene rings is 4. The number of phenols is 4. The molecule has 36 heteroatoms. The number of nitrogens with zero attached hydrogens (tertiary/aromatic N) is 14. The van der Waals surface area contributed by atoms with E-state index in [0.717, 1.165) is 76.1 Å². The lowest BCUT2D eigenvalue weighted by molar-refractivity contribution is -0.135. The van der Waals surface area contributed by atoms with Crippen molar-refractivity contribution in [2.45, 2.75) is 87.6 Å². The van der Waals surface area contributed by atoms with Gasteiger partial charge in [-0.1, -0.05) is 106 Å². The van der Waals surface area contributed by atoms with Crippen LogP contribution in [-0.2, 0) is 54.7 Å². The van der Waals surface area contributed by atoms with Crippen molar-refractivity contribution >= 4 is 129 Å². The molecule has 0 atom stereocenters. The van der Waals surface area contributed by atoms with Gasteiger partial charge in [0.1, 0.15) is 34.4 Å². The Balaban J connectivity index is 0.000000152. The minimum absolute atomic E-state index is 0.000724. The third kappa shape index (κ3) is 22.0. The lowest BCUT2D eigenvalue weighted by Gasteiger charge is -2.47. The van der Waals surface area contributed by atoms with Gasteiger partial charge in [-0.3, -0.25) is 48.4 Å². The van der Waals surface area contributed by atoms with E-state index in [2.05, 4.69) is 66.9 Å². The van der Waals surface area contributed by atoms with Crippen molar-refractivity contribution in [3.63, 3.8) is 0 Å². The normalized spacial score (nSPS) is 19.4. The number of likely N-dealkylation sites (tertiary alicyclic amines) is 4. The quantitative estimate of drug-likeness (QED) is 0.0183. The second-order valence-electron chi connectivity index (χ2n) is 30.2. The predicted molar refractivity (Wildman–Crippen MR) is 442 cm³/mol. The van der Waals surface area contributed by atoms with Crippen LogP contribution in [0.3, 0.4) is 0 Å². The fourth-order valence-electron chi connectivity index (χ4n) is 15.1. The molecule has 0 spiro atoms. The highest BCUT2D eigenvalue weighted by Crippen LogP contribution is 2.46. The van der Waals surface area contributed by atoms with Gasteiger partial charge in [0.25, 0.3) is 11.8 Å². The number of phenolic OH excluding ortho intramolecular Hbond substituents is 4. The number of nitrogens with one attached hydrogen (secondary N) is 2. The first kappa shape index (κ1) is 87.7. The van der Waals surface area contributed by atoms with Crippen molar-refractivity contribution < 1.29 is 69.2 Å². The van der Waals surface area contributed by atoms with Crippen molar-refractivity contribution in [1.29, 1.82) is 0 Å². The van der Waals surface area contributed by atoms with Crippen LogP contribution >= 0.6 is 69.6 Å². The largest absolute Gasteiger partial charge is 0.508 e. The second-order valence-corrected chi connectivity index (χ2v) is 32.7. The Morgan fingerprint density at radius 2 is 0.586 bits per heavy atom. The van der Waals surface area contributed by atoms with Crippen molar-refractivity contribution in [1.82, 2.24) is 69.4 Å². The smallest absolute Gasteiger partial charge is 0.317 e. The molecule has 116 heavy (non-hydrogen) atoms. The number of halogens is 6. The van der Waals surface area contributed by atoms with Crippen molar-refractivity contribution in [3.05, 3.63) is 163 Å². The molecule has 8 aliphatic heterocycles. The van der Waals surface area contributed by atoms with Gasteiger partial charge in [0.15, 0.2) is 0 Å². The molecule has 2 saturated carbocycles. The fourth-order valence-corrected chi connectivity index (χ4v) is 16.4. The van der Waals surface area contributed by atoms with E-state index in [0.29, 0.717) is 185 Å². The van der Waals surface area contributed by atoms with Crippen LogP contribution in [0.5, 0.6) is 23.0 Å². The van der Waals surface area contributed by atoms with Crippen molar-refractivity contribution in [3.8, 4) is 23.0 Å². The van der Waals surface area contributed by atoms with Crippen LogP contribution in [0.15, 0.2) is 109 Å². The van der Waals surface area contributed by atoms with Gasteiger partial charge in [-0.2, -0.15) is 0 Å². The maximum absolute atomic E-state index is 12.9. The third-order valence-corrected chi connectivity index (χ3v) is 24.9. The Morgan fingerprint density at radius 1 is 0.345 bits per heavy atom. The van der Waals surface area contributed by atoms with Crippen LogP contribution in [0.4, 0.5) is 9.59 Å². The zero-order valence-electron chi connectivity index (χ0n) is 64.3. The molecule has 0 aromatic heterocycles. The molecular formula is C80H98Cl6N16O14. The first-order chi connectivity index (χ1) is 55.6. The number of amides is 10. The van der Waals surface area contributed by atoms with Gasteiger partial charge < -0.3 is 80.7 Å². The van der Waals surface area contributed by atoms with Gasteiger partial charge in [0.2, 0.25) is 23.6 Å². The number of aromatic hydroxyl groups is 4. The molecule has 30 nitrogen and oxygen atoms in total. The molecule has 2 aliphatic carbocycles. The third-order valence-electron chi connectivity index (χ3n) is 22.9. The summed E-state index contributed by atoms with van der Waals surface area (Å²) in [6, 6.07) is 13.5. The van der Waals surface area contributed by atoms with Gasteiger partial charge in [-0.25, -0.2) is 9.59 Å². The van der Waals surface area contributed by atoms with Crippen LogP contribution < -0.4 is 10.6 Å². The summed E-state index contributed by atoms with van der Waals surface area (Å²) < 4.78 is 0. The molecule has 0 bridgehead atoms. The number of hydrogen-bond donors (Lipinski definition) is 8. The summed E-state index contributed by atoms with van der Waals surface area (Å²) in [5.74, 6) is -0.0248. The number of urea groups is 2. The maximum Gasteiger partial charge on any atom is 0.317 e. The van der Waals surface area contributed by atoms with E-state index in [-0.39, 0.29) is 123 Å². The van der Waals surface area contributed by atoms with Crippen molar-refractivity contribution in [2.24, 2.45) is 10.3 Å². The zero-order chi connectivity index (χ0) is 83.3. The summed E-state index contributed by atoms with van der Waals surface area (Å²) >= 11 is 36.1. The summed E-state index contributed by atoms with van der Waals surface area (Å²) in [5.41, 5.74) is 4.04. The molecule has 624 valence electrons. The predicted octanol–water partition coefficient (Wildman–Crippen LogP) is 7.52. The SMILES string of the molecule is C=CC(=O)N1CC(N2CCN(C(=O)/C(Cc3cc(C4CC4)c(Cl)cc3O)=N\O)CC2)C1.C=CC(=O)N1CC(N2CCN(C(=O)/C(Cc3cc(Cl)c(Cl)cc3O)=N\O)CC2)C1.C=CC(=O)N1CC(N2CCN(C(=O)NCc3cc(C4CC4)c(Cl)cc3O)CC2)C1.C=CC(=O)N1CC(N2CCN(C(=O)NCc3cc(Cl)c(Cl)cc3O)CC2)C1. The number of rotatable bonds is 20. The zero-order valence-corrected chi connectivity index (χ0v) is 68.9. The lowest BCUT2D eigenvalue weighted by atomic mass is 10.0. The topological polar surface area (TPSA) is 346 Å². The Morgan fingerprint density at radius 3 is 0.871 bits per heavy atom. The lowest BCUT2D eigenvalue weighted by Crippen LogP contribution is -2.64. The highest BCUT2D eigenvalue weighted by Gasteiger charge is 2.41. The fraction of sp³-hybridized carbons (Fsp3) is 0.475. The molecule has 0 unspecified atom stereocenters. The van der Waals surface area contributed by atoms with Gasteiger partial charge >= 0.3 is 12.1 Å². The van der Waals surface area contributed by atoms with E-state index >= 15 is 0 Å². The highest BCUT2D eigenvalue weighted by molar-refractivity contribution is 6.43. The van der Waals surface area contributed by atoms with Gasteiger partial charge in [0, 0.05) is 252 Å². The van der Waals surface area contributed by atoms with E-state index in [1.165, 1.54) is 48.6 Å². The average Bonchev–Trinajstić information content (AvgIpc) is 1.70. The van der Waals surface area contributed by atoms with Crippen LogP contribution in [-0.4, -0.2) is 330 Å². The Labute approximate surface area is 703 Å². The minimum atomic E-state index is -0.394. The Hall–Kier alpha value is -9.08. The van der Waals surface area contributed by atoms with E-state index in [1.807, 2.05) is 12.1 Å². The molecule has 10 fully saturated rings. The first-order valence-corrected chi connectivity index (χ1v) is 40.9. The van der Waals surface area contributed by atoms with E-state index < -0.39 is 5.91 Å². The second kappa shape index (κ2) is 39.9. The van der Waals surface area contributed by atoms with Gasteiger partial charge in [-0.15, -0.1) is 0 Å². The summed E-state index contributed by atoms with van der Waals surface area (Å²) in [7, 11) is 0. The molecule has 4 aromatic rings. The molecule has 4 aromatic carbocycles. The molecule has 14 rings (SSSR count). The number of piperazine rings is 4. The number of hydrogen-bond acceptors (Lipinski definition) is 20. The minimum Gasteiger partial charge on any atom is -0.508 e. The molecule has 10 amide bonds. The van der Waals surface area contributed by atoms with Crippen LogP contribution in [0.1, 0.15) is 70.9 Å². The Kier molecular flexibility index (Phi) is 30.2. The number of oxime groups is 2. The van der Waals surface area contributed by atoms with E-state index in [9.17, 15) is 69.2 Å². The molecule has 8 heterocycles. The summed E-state index contributed by atoms with van der Waals surface area (Å²) in [6.07, 6.45) is 9.68. The monoisotopic (exact) mass is 1720 g/mol. The molecule has 8 N–H and O–H groups in total. The molecule has 10 aliphatic rings. The number of carbonyl (C=O) groups is 8. The van der Waals surface area contributed by atoms with Gasteiger partial charge in [-0.05, 0) is 109 Å². The maximum atomic E-state index is 12.9. The highest BCUT2D eigenvalue weighted by atomic mass is 35.5. The Bertz CT molecular complexity index is 4420. The van der Waals surface area contributed by atoms with Crippen LogP contribution in [0, 0.1) is 0 Å². The van der Waals surface area contributed by atoms with Gasteiger partial charge in [0.05, 0.1) is 20.1 Å². The van der Waals surface area contributed by atoms with E-state index in [4.69, 9.17) is 69.6 Å². The van der Waals surface area contributed by atoms with Crippen LogP contribution in [0.25, 0.3) is 0 Å². The van der Waals surface area contributed by atoms with Crippen molar-refractivity contribution in [2.75, 3.05) is 157 Å². The van der Waals surface area contributed by atoms with E-state index in [1.54, 1.807) is 51.3 Å². The molecule has 0 radical (unpaired) electrons. The molecular weight excluding hydrogens is 1620 g/mol. The van der Waals surface area contributed by atoms with Crippen LogP contribution in [0.2, 0.25) is 30.1 Å². The first-order valence-electron chi connectivity index (χ1n) is 38.6. The number of carbonyl (C=O) groups excluding carboxylic acids is 8. The summed E-state index contributed by atoms with van der Waals surface area (Å²) in [6.45, 7) is 30.5. The average molecular weight is 1720 g/mol. The summed E-state index contributed by atoms with van der Waals surface area (Å²) in [4.78, 5) is 120.